The average Bonchev–Trinajstić information content (AvgIpc) is 2.69. The Kier molecular flexibility index (Phi) is 3.06. The SMILES string of the molecule is O=C1C2=C([C]N1c1ccc(Cl)cn1)SCCS2. The van der Waals surface area contributed by atoms with Gasteiger partial charge in [0.2, 0.25) is 0 Å². The molecule has 1 aromatic rings. The monoisotopic (exact) mass is 282 g/mol. The molecule has 0 aliphatic carbocycles. The van der Waals surface area contributed by atoms with Crippen LogP contribution in [0.15, 0.2) is 28.1 Å². The van der Waals surface area contributed by atoms with Gasteiger partial charge in [0.05, 0.1) is 9.93 Å². The van der Waals surface area contributed by atoms with Crippen molar-refractivity contribution in [2.45, 2.75) is 0 Å². The van der Waals surface area contributed by atoms with E-state index in [0.717, 1.165) is 21.3 Å². The zero-order chi connectivity index (χ0) is 11.8. The van der Waals surface area contributed by atoms with Crippen molar-refractivity contribution >= 4 is 46.8 Å². The van der Waals surface area contributed by atoms with Gasteiger partial charge in [0.25, 0.3) is 5.91 Å². The number of pyridine rings is 1. The molecular weight excluding hydrogens is 276 g/mol. The van der Waals surface area contributed by atoms with Crippen molar-refractivity contribution in [1.29, 1.82) is 0 Å². The maximum atomic E-state index is 12.1. The highest BCUT2D eigenvalue weighted by atomic mass is 35.5. The van der Waals surface area contributed by atoms with Crippen molar-refractivity contribution in [3.63, 3.8) is 0 Å². The molecule has 17 heavy (non-hydrogen) atoms. The van der Waals surface area contributed by atoms with E-state index in [0.29, 0.717) is 10.8 Å². The lowest BCUT2D eigenvalue weighted by atomic mass is 10.4. The fourth-order valence-corrected chi connectivity index (χ4v) is 3.88. The molecule has 2 radical (unpaired) electrons. The summed E-state index contributed by atoms with van der Waals surface area (Å²) in [4.78, 5) is 19.4. The van der Waals surface area contributed by atoms with Crippen molar-refractivity contribution in [3.8, 4) is 0 Å². The Morgan fingerprint density at radius 2 is 2.18 bits per heavy atom. The first-order valence-corrected chi connectivity index (χ1v) is 7.33. The number of hydrogen-bond acceptors (Lipinski definition) is 4. The number of aromatic nitrogens is 1. The van der Waals surface area contributed by atoms with Gasteiger partial charge in [-0.3, -0.25) is 9.69 Å². The molecule has 0 aromatic carbocycles. The van der Waals surface area contributed by atoms with Crippen molar-refractivity contribution in [2.75, 3.05) is 16.4 Å². The number of anilines is 1. The molecule has 0 unspecified atom stereocenters. The zero-order valence-corrected chi connectivity index (χ0v) is 11.0. The van der Waals surface area contributed by atoms with Crippen molar-refractivity contribution in [1.82, 2.24) is 4.98 Å². The molecule has 0 saturated carbocycles. The molecule has 3 nitrogen and oxygen atoms in total. The van der Waals surface area contributed by atoms with E-state index in [-0.39, 0.29) is 5.91 Å². The van der Waals surface area contributed by atoms with Crippen LogP contribution >= 0.6 is 35.1 Å². The number of thioether (sulfide) groups is 2. The molecule has 0 N–H and O–H groups in total. The highest BCUT2D eigenvalue weighted by molar-refractivity contribution is 8.10. The van der Waals surface area contributed by atoms with Crippen LogP contribution < -0.4 is 4.90 Å². The molecule has 86 valence electrons. The summed E-state index contributed by atoms with van der Waals surface area (Å²) >= 11 is 9.04. The largest absolute Gasteiger partial charge is 0.275 e. The summed E-state index contributed by atoms with van der Waals surface area (Å²) in [6.45, 7) is 3.08. The number of carbonyl (C=O) groups excluding carboxylic acids is 1. The van der Waals surface area contributed by atoms with Crippen LogP contribution in [0, 0.1) is 6.54 Å². The van der Waals surface area contributed by atoms with Crippen molar-refractivity contribution in [2.24, 2.45) is 0 Å². The van der Waals surface area contributed by atoms with Crippen LogP contribution in [0.25, 0.3) is 0 Å². The quantitative estimate of drug-likeness (QED) is 0.793. The molecule has 2 aliphatic heterocycles. The van der Waals surface area contributed by atoms with Gasteiger partial charge in [-0.2, -0.15) is 0 Å². The Balaban J connectivity index is 1.88. The molecule has 0 saturated heterocycles. The lowest BCUT2D eigenvalue weighted by molar-refractivity contribution is -0.113. The van der Waals surface area contributed by atoms with Gasteiger partial charge in [-0.1, -0.05) is 11.6 Å². The third-order valence-electron chi connectivity index (χ3n) is 2.33. The second-order valence-electron chi connectivity index (χ2n) is 3.44. The van der Waals surface area contributed by atoms with E-state index in [1.807, 2.05) is 0 Å². The summed E-state index contributed by atoms with van der Waals surface area (Å²) in [6, 6.07) is 3.44. The molecule has 1 amide bonds. The molecule has 3 heterocycles. The van der Waals surface area contributed by atoms with Gasteiger partial charge in [-0.25, -0.2) is 4.98 Å². The topological polar surface area (TPSA) is 33.2 Å². The second kappa shape index (κ2) is 4.55. The van der Waals surface area contributed by atoms with Crippen LogP contribution in [0.2, 0.25) is 5.02 Å². The van der Waals surface area contributed by atoms with Gasteiger partial charge in [-0.15, -0.1) is 23.5 Å². The minimum Gasteiger partial charge on any atom is -0.275 e. The molecule has 0 spiro atoms. The van der Waals surface area contributed by atoms with Crippen LogP contribution in [-0.4, -0.2) is 22.4 Å². The second-order valence-corrected chi connectivity index (χ2v) is 6.09. The predicted octanol–water partition coefficient (Wildman–Crippen LogP) is 2.81. The Bertz CT molecular complexity index is 501. The molecular formula is C11H7ClN2OS2. The molecule has 1 aromatic heterocycles. The van der Waals surface area contributed by atoms with E-state index < -0.39 is 0 Å². The normalized spacial score (nSPS) is 19.8. The number of halogens is 1. The third kappa shape index (κ3) is 2.07. The van der Waals surface area contributed by atoms with Gasteiger partial charge in [0, 0.05) is 22.6 Å². The average molecular weight is 283 g/mol. The number of nitrogens with zero attached hydrogens (tertiary/aromatic N) is 2. The molecule has 0 bridgehead atoms. The fourth-order valence-electron chi connectivity index (χ4n) is 1.58. The summed E-state index contributed by atoms with van der Waals surface area (Å²) < 4.78 is 0. The molecule has 0 atom stereocenters. The van der Waals surface area contributed by atoms with Crippen LogP contribution in [0.3, 0.4) is 0 Å². The van der Waals surface area contributed by atoms with E-state index in [9.17, 15) is 4.79 Å². The first-order valence-electron chi connectivity index (χ1n) is 4.98. The standard InChI is InChI=1S/C11H7ClN2OS2/c12-7-1-2-9(13-5-7)14-6-8-10(11(14)15)17-4-3-16-8/h1-2,5H,3-4H2. The predicted molar refractivity (Wildman–Crippen MR) is 71.9 cm³/mol. The summed E-state index contributed by atoms with van der Waals surface area (Å²) in [6.07, 6.45) is 1.53. The number of amides is 1. The lowest BCUT2D eigenvalue weighted by Crippen LogP contribution is -2.24. The maximum absolute atomic E-state index is 12.1. The van der Waals surface area contributed by atoms with Crippen molar-refractivity contribution < 1.29 is 4.79 Å². The zero-order valence-electron chi connectivity index (χ0n) is 8.64. The molecule has 0 fully saturated rings. The molecule has 6 heteroatoms. The summed E-state index contributed by atoms with van der Waals surface area (Å²) in [7, 11) is 0. The lowest BCUT2D eigenvalue weighted by Gasteiger charge is -2.13. The first-order chi connectivity index (χ1) is 8.25. The highest BCUT2D eigenvalue weighted by Crippen LogP contribution is 2.43. The smallest absolute Gasteiger partial charge is 0.267 e. The fraction of sp³-hybridized carbons (Fsp3) is 0.182. The maximum Gasteiger partial charge on any atom is 0.267 e. The summed E-state index contributed by atoms with van der Waals surface area (Å²) in [5, 5.41) is 0.557. The Labute approximate surface area is 113 Å². The number of rotatable bonds is 1. The van der Waals surface area contributed by atoms with E-state index in [4.69, 9.17) is 11.6 Å². The highest BCUT2D eigenvalue weighted by Gasteiger charge is 2.35. The van der Waals surface area contributed by atoms with Gasteiger partial charge >= 0.3 is 0 Å². The van der Waals surface area contributed by atoms with E-state index in [1.165, 1.54) is 11.1 Å². The van der Waals surface area contributed by atoms with Crippen LogP contribution in [0.5, 0.6) is 0 Å². The van der Waals surface area contributed by atoms with Gasteiger partial charge in [0.1, 0.15) is 12.4 Å². The van der Waals surface area contributed by atoms with Gasteiger partial charge in [0.15, 0.2) is 0 Å². The Morgan fingerprint density at radius 3 is 2.88 bits per heavy atom. The van der Waals surface area contributed by atoms with Gasteiger partial charge in [-0.05, 0) is 12.1 Å². The molecule has 3 rings (SSSR count). The van der Waals surface area contributed by atoms with Crippen LogP contribution in [-0.2, 0) is 4.79 Å². The van der Waals surface area contributed by atoms with E-state index in [1.54, 1.807) is 35.7 Å². The van der Waals surface area contributed by atoms with E-state index in [2.05, 4.69) is 11.5 Å². The number of carbonyl (C=O) groups is 1. The van der Waals surface area contributed by atoms with Crippen LogP contribution in [0.1, 0.15) is 0 Å². The van der Waals surface area contributed by atoms with Gasteiger partial charge < -0.3 is 0 Å². The molecule has 2 aliphatic rings. The van der Waals surface area contributed by atoms with E-state index >= 15 is 0 Å². The van der Waals surface area contributed by atoms with Crippen LogP contribution in [0.4, 0.5) is 5.82 Å². The summed E-state index contributed by atoms with van der Waals surface area (Å²) in [5.41, 5.74) is 0. The number of hydrogen-bond donors (Lipinski definition) is 0. The minimum atomic E-state index is -0.0352. The first kappa shape index (κ1) is 11.4. The minimum absolute atomic E-state index is 0.0352. The van der Waals surface area contributed by atoms with Crippen molar-refractivity contribution in [3.05, 3.63) is 39.7 Å². The Morgan fingerprint density at radius 1 is 1.35 bits per heavy atom. The summed E-state index contributed by atoms with van der Waals surface area (Å²) in [5.74, 6) is 2.52. The Hall–Kier alpha value is -0.650. The third-order valence-corrected chi connectivity index (χ3v) is 5.01.